The predicted octanol–water partition coefficient (Wildman–Crippen LogP) is 0.769. The van der Waals surface area contributed by atoms with Crippen molar-refractivity contribution < 1.29 is 4.74 Å². The second-order valence-electron chi connectivity index (χ2n) is 3.86. The molecule has 0 N–H and O–H groups in total. The molecule has 1 saturated heterocycles. The number of aromatic nitrogens is 2. The van der Waals surface area contributed by atoms with Gasteiger partial charge in [0.25, 0.3) is 0 Å². The number of anilines is 1. The number of rotatable bonds is 0. The van der Waals surface area contributed by atoms with Crippen LogP contribution in [0.1, 0.15) is 0 Å². The van der Waals surface area contributed by atoms with Gasteiger partial charge in [-0.1, -0.05) is 23.2 Å². The van der Waals surface area contributed by atoms with Crippen LogP contribution < -0.4 is 10.6 Å². The van der Waals surface area contributed by atoms with Gasteiger partial charge in [-0.05, 0) is 0 Å². The minimum absolute atomic E-state index is 0.0741. The quantitative estimate of drug-likeness (QED) is 0.648. The van der Waals surface area contributed by atoms with Crippen LogP contribution in [0.2, 0.25) is 10.2 Å². The average Bonchev–Trinajstić information content (AvgIpc) is 2.66. The summed E-state index contributed by atoms with van der Waals surface area (Å²) in [5, 5.41) is 0.427. The number of hydrogen-bond acceptors (Lipinski definition) is 4. The van der Waals surface area contributed by atoms with Crippen LogP contribution in [0.5, 0.6) is 0 Å². The molecule has 0 saturated carbocycles. The first-order valence-corrected chi connectivity index (χ1v) is 5.74. The number of nitrogens with zero attached hydrogens (tertiary/aromatic N) is 3. The number of morpholine rings is 1. The molecular weight excluding hydrogens is 253 g/mol. The van der Waals surface area contributed by atoms with Crippen molar-refractivity contribution in [1.29, 1.82) is 0 Å². The third kappa shape index (κ3) is 1.35. The Morgan fingerprint density at radius 2 is 2.25 bits per heavy atom. The number of hydrogen-bond donors (Lipinski definition) is 0. The van der Waals surface area contributed by atoms with Gasteiger partial charge in [-0.25, -0.2) is 4.79 Å². The lowest BCUT2D eigenvalue weighted by atomic mass is 10.2. The lowest BCUT2D eigenvalue weighted by molar-refractivity contribution is 0.0957. The molecule has 1 aromatic heterocycles. The molecule has 16 heavy (non-hydrogen) atoms. The fourth-order valence-electron chi connectivity index (χ4n) is 2.24. The third-order valence-corrected chi connectivity index (χ3v) is 3.67. The minimum Gasteiger partial charge on any atom is -0.377 e. The van der Waals surface area contributed by atoms with E-state index in [4.69, 9.17) is 27.9 Å². The molecule has 1 atom stereocenters. The van der Waals surface area contributed by atoms with Crippen molar-refractivity contribution >= 4 is 29.0 Å². The smallest absolute Gasteiger partial charge is 0.350 e. The lowest BCUT2D eigenvalue weighted by Gasteiger charge is -2.30. The summed E-state index contributed by atoms with van der Waals surface area (Å²) in [7, 11) is 0. The van der Waals surface area contributed by atoms with Crippen molar-refractivity contribution in [3.63, 3.8) is 0 Å². The Hall–Kier alpha value is -0.780. The number of ether oxygens (including phenoxy) is 1. The monoisotopic (exact) mass is 261 g/mol. The first kappa shape index (κ1) is 10.4. The first-order valence-electron chi connectivity index (χ1n) is 4.98. The highest BCUT2D eigenvalue weighted by Gasteiger charge is 2.35. The molecule has 1 fully saturated rings. The van der Waals surface area contributed by atoms with Crippen LogP contribution in [0.3, 0.4) is 0 Å². The fraction of sp³-hybridized carbons (Fsp3) is 0.556. The molecule has 0 amide bonds. The van der Waals surface area contributed by atoms with Crippen molar-refractivity contribution in [1.82, 2.24) is 9.55 Å². The van der Waals surface area contributed by atoms with Crippen LogP contribution in [-0.2, 0) is 11.3 Å². The van der Waals surface area contributed by atoms with E-state index in [9.17, 15) is 4.79 Å². The molecule has 0 spiro atoms. The van der Waals surface area contributed by atoms with E-state index in [1.165, 1.54) is 0 Å². The average molecular weight is 262 g/mol. The molecule has 86 valence electrons. The molecular formula is C9H9Cl2N3O2. The first-order chi connectivity index (χ1) is 7.68. The summed E-state index contributed by atoms with van der Waals surface area (Å²) < 4.78 is 6.93. The van der Waals surface area contributed by atoms with Gasteiger partial charge in [0.2, 0.25) is 0 Å². The van der Waals surface area contributed by atoms with Gasteiger partial charge in [-0.3, -0.25) is 4.57 Å². The van der Waals surface area contributed by atoms with Crippen molar-refractivity contribution in [2.24, 2.45) is 0 Å². The van der Waals surface area contributed by atoms with Crippen molar-refractivity contribution in [2.75, 3.05) is 24.7 Å². The van der Waals surface area contributed by atoms with Crippen molar-refractivity contribution in [3.05, 3.63) is 20.7 Å². The second-order valence-corrected chi connectivity index (χ2v) is 4.59. The van der Waals surface area contributed by atoms with E-state index in [0.717, 1.165) is 6.54 Å². The van der Waals surface area contributed by atoms with Crippen LogP contribution >= 0.6 is 23.2 Å². The van der Waals surface area contributed by atoms with E-state index in [1.807, 2.05) is 0 Å². The molecule has 0 bridgehead atoms. The maximum Gasteiger partial charge on any atom is 0.350 e. The third-order valence-electron chi connectivity index (χ3n) is 2.95. The molecule has 0 radical (unpaired) electrons. The Kier molecular flexibility index (Phi) is 2.34. The van der Waals surface area contributed by atoms with Crippen LogP contribution in [0, 0.1) is 0 Å². The van der Waals surface area contributed by atoms with Gasteiger partial charge in [0, 0.05) is 6.54 Å². The Labute approximate surface area is 102 Å². The summed E-state index contributed by atoms with van der Waals surface area (Å²) in [5.74, 6) is 0.681. The Morgan fingerprint density at radius 3 is 3.06 bits per heavy atom. The van der Waals surface area contributed by atoms with Gasteiger partial charge in [0.15, 0.2) is 5.15 Å². The Bertz CT molecular complexity index is 502. The summed E-state index contributed by atoms with van der Waals surface area (Å²) in [6, 6.07) is 0.166. The largest absolute Gasteiger partial charge is 0.377 e. The SMILES string of the molecule is O=c1nc(Cl)c(Cl)c2n1CC1COCCN21. The second kappa shape index (κ2) is 3.61. The van der Waals surface area contributed by atoms with Crippen molar-refractivity contribution in [2.45, 2.75) is 12.6 Å². The molecule has 3 rings (SSSR count). The van der Waals surface area contributed by atoms with Crippen LogP contribution in [0.25, 0.3) is 0 Å². The zero-order valence-corrected chi connectivity index (χ0v) is 9.83. The van der Waals surface area contributed by atoms with Crippen LogP contribution in [0.4, 0.5) is 5.82 Å². The van der Waals surface area contributed by atoms with Crippen LogP contribution in [0.15, 0.2) is 4.79 Å². The Balaban J connectivity index is 2.19. The molecule has 7 heteroatoms. The standard InChI is InChI=1S/C9H9Cl2N3O2/c10-6-7(11)12-9(15)14-3-5-4-16-2-1-13(5)8(6)14/h5H,1-4H2. The van der Waals surface area contributed by atoms with Gasteiger partial charge in [0.05, 0.1) is 25.8 Å². The van der Waals surface area contributed by atoms with Gasteiger partial charge in [-0.15, -0.1) is 0 Å². The van der Waals surface area contributed by atoms with E-state index in [1.54, 1.807) is 4.57 Å². The zero-order valence-electron chi connectivity index (χ0n) is 8.32. The molecule has 1 unspecified atom stereocenters. The topological polar surface area (TPSA) is 47.4 Å². The maximum atomic E-state index is 11.7. The highest BCUT2D eigenvalue weighted by Crippen LogP contribution is 2.35. The van der Waals surface area contributed by atoms with E-state index >= 15 is 0 Å². The highest BCUT2D eigenvalue weighted by atomic mass is 35.5. The maximum absolute atomic E-state index is 11.7. The predicted molar refractivity (Wildman–Crippen MR) is 60.5 cm³/mol. The summed E-state index contributed by atoms with van der Waals surface area (Å²) in [6.45, 7) is 2.54. The molecule has 2 aliphatic heterocycles. The minimum atomic E-state index is -0.348. The normalized spacial score (nSPS) is 23.1. The number of halogens is 2. The summed E-state index contributed by atoms with van der Waals surface area (Å²) in [4.78, 5) is 17.4. The summed E-state index contributed by atoms with van der Waals surface area (Å²) in [6.07, 6.45) is 0. The summed E-state index contributed by atoms with van der Waals surface area (Å²) >= 11 is 11.9. The molecule has 0 aromatic carbocycles. The van der Waals surface area contributed by atoms with E-state index in [2.05, 4.69) is 9.88 Å². The number of fused-ring (bicyclic) bond motifs is 3. The van der Waals surface area contributed by atoms with Crippen LogP contribution in [-0.4, -0.2) is 35.4 Å². The summed E-state index contributed by atoms with van der Waals surface area (Å²) in [5.41, 5.74) is -0.348. The molecule has 2 aliphatic rings. The van der Waals surface area contributed by atoms with Gasteiger partial charge < -0.3 is 9.64 Å². The van der Waals surface area contributed by atoms with Crippen molar-refractivity contribution in [3.8, 4) is 0 Å². The van der Waals surface area contributed by atoms with Gasteiger partial charge in [0.1, 0.15) is 10.8 Å². The van der Waals surface area contributed by atoms with Gasteiger partial charge in [-0.2, -0.15) is 4.98 Å². The molecule has 3 heterocycles. The Morgan fingerprint density at radius 1 is 1.44 bits per heavy atom. The highest BCUT2D eigenvalue weighted by molar-refractivity contribution is 6.42. The van der Waals surface area contributed by atoms with E-state index in [-0.39, 0.29) is 16.9 Å². The molecule has 5 nitrogen and oxygen atoms in total. The van der Waals surface area contributed by atoms with E-state index < -0.39 is 0 Å². The van der Waals surface area contributed by atoms with E-state index in [0.29, 0.717) is 30.6 Å². The molecule has 1 aromatic rings. The zero-order chi connectivity index (χ0) is 11.3. The fourth-order valence-corrected chi connectivity index (χ4v) is 2.65. The lowest BCUT2D eigenvalue weighted by Crippen LogP contribution is -2.43. The van der Waals surface area contributed by atoms with Gasteiger partial charge >= 0.3 is 5.69 Å². The molecule has 0 aliphatic carbocycles.